The zero-order chi connectivity index (χ0) is 17.0. The zero-order valence-corrected chi connectivity index (χ0v) is 15.2. The Hall–Kier alpha value is -1.20. The van der Waals surface area contributed by atoms with Crippen LogP contribution in [0, 0.1) is 5.92 Å². The number of thioether (sulfide) groups is 1. The van der Waals surface area contributed by atoms with Crippen molar-refractivity contribution in [3.05, 3.63) is 34.9 Å². The first-order chi connectivity index (χ1) is 11.0. The SMILES string of the molecule is CCC(=O)N1C(C(=O)OCC(C)C)CSC1c1ccccc1Cl. The van der Waals surface area contributed by atoms with E-state index in [9.17, 15) is 9.59 Å². The second kappa shape index (κ2) is 8.06. The molecule has 4 nitrogen and oxygen atoms in total. The van der Waals surface area contributed by atoms with E-state index in [2.05, 4.69) is 0 Å². The Labute approximate surface area is 146 Å². The van der Waals surface area contributed by atoms with Gasteiger partial charge in [-0.1, -0.05) is 50.6 Å². The number of halogens is 1. The average Bonchev–Trinajstić information content (AvgIpc) is 2.97. The fourth-order valence-corrected chi connectivity index (χ4v) is 4.21. The number of rotatable bonds is 5. The summed E-state index contributed by atoms with van der Waals surface area (Å²) in [5, 5.41) is 0.364. The summed E-state index contributed by atoms with van der Waals surface area (Å²) >= 11 is 7.83. The molecule has 1 fully saturated rings. The van der Waals surface area contributed by atoms with Gasteiger partial charge in [0.15, 0.2) is 0 Å². The Morgan fingerprint density at radius 1 is 1.39 bits per heavy atom. The third kappa shape index (κ3) is 4.21. The molecule has 0 spiro atoms. The maximum absolute atomic E-state index is 12.4. The van der Waals surface area contributed by atoms with Gasteiger partial charge >= 0.3 is 5.97 Å². The van der Waals surface area contributed by atoms with E-state index in [4.69, 9.17) is 16.3 Å². The van der Waals surface area contributed by atoms with E-state index >= 15 is 0 Å². The lowest BCUT2D eigenvalue weighted by molar-refractivity contribution is -0.155. The fraction of sp³-hybridized carbons (Fsp3) is 0.529. The van der Waals surface area contributed by atoms with Crippen molar-refractivity contribution in [2.75, 3.05) is 12.4 Å². The molecule has 0 N–H and O–H groups in total. The maximum Gasteiger partial charge on any atom is 0.329 e. The minimum Gasteiger partial charge on any atom is -0.464 e. The van der Waals surface area contributed by atoms with E-state index < -0.39 is 6.04 Å². The van der Waals surface area contributed by atoms with Crippen molar-refractivity contribution in [3.8, 4) is 0 Å². The molecule has 2 unspecified atom stereocenters. The van der Waals surface area contributed by atoms with E-state index in [1.165, 1.54) is 0 Å². The molecule has 1 aromatic carbocycles. The van der Waals surface area contributed by atoms with Crippen molar-refractivity contribution in [3.63, 3.8) is 0 Å². The van der Waals surface area contributed by atoms with E-state index in [1.807, 2.05) is 32.0 Å². The van der Waals surface area contributed by atoms with Gasteiger partial charge in [-0.05, 0) is 12.0 Å². The number of amides is 1. The summed E-state index contributed by atoms with van der Waals surface area (Å²) in [6.07, 6.45) is 0.343. The number of hydrogen-bond donors (Lipinski definition) is 0. The monoisotopic (exact) mass is 355 g/mol. The Morgan fingerprint density at radius 3 is 2.70 bits per heavy atom. The van der Waals surface area contributed by atoms with Gasteiger partial charge in [0.1, 0.15) is 11.4 Å². The predicted octanol–water partition coefficient (Wildman–Crippen LogP) is 3.89. The van der Waals surface area contributed by atoms with Crippen molar-refractivity contribution >= 4 is 35.2 Å². The molecular formula is C17H22ClNO3S. The van der Waals surface area contributed by atoms with Crippen LogP contribution in [-0.4, -0.2) is 35.2 Å². The lowest BCUT2D eigenvalue weighted by Crippen LogP contribution is -2.43. The largest absolute Gasteiger partial charge is 0.464 e. The zero-order valence-electron chi connectivity index (χ0n) is 13.6. The molecule has 1 aliphatic rings. The highest BCUT2D eigenvalue weighted by molar-refractivity contribution is 7.99. The number of benzene rings is 1. The van der Waals surface area contributed by atoms with Gasteiger partial charge in [-0.25, -0.2) is 4.79 Å². The van der Waals surface area contributed by atoms with Gasteiger partial charge in [0.25, 0.3) is 0 Å². The fourth-order valence-electron chi connectivity index (χ4n) is 2.44. The van der Waals surface area contributed by atoms with Crippen molar-refractivity contribution in [1.82, 2.24) is 4.90 Å². The van der Waals surface area contributed by atoms with Gasteiger partial charge in [-0.2, -0.15) is 0 Å². The molecule has 126 valence electrons. The Balaban J connectivity index is 2.24. The number of ether oxygens (including phenoxy) is 1. The number of carbonyl (C=O) groups is 2. The van der Waals surface area contributed by atoms with Crippen LogP contribution in [0.3, 0.4) is 0 Å². The molecule has 1 aliphatic heterocycles. The molecule has 6 heteroatoms. The summed E-state index contributed by atoms with van der Waals surface area (Å²) in [6.45, 7) is 6.13. The Kier molecular flexibility index (Phi) is 6.36. The third-order valence-electron chi connectivity index (χ3n) is 3.59. The average molecular weight is 356 g/mol. The van der Waals surface area contributed by atoms with Gasteiger partial charge in [-0.3, -0.25) is 4.79 Å². The van der Waals surface area contributed by atoms with Crippen LogP contribution in [0.1, 0.15) is 38.1 Å². The standard InChI is InChI=1S/C17H22ClNO3S/c1-4-15(20)19-14(17(21)22-9-11(2)3)10-23-16(19)12-7-5-6-8-13(12)18/h5-8,11,14,16H,4,9-10H2,1-3H3. The van der Waals surface area contributed by atoms with Gasteiger partial charge < -0.3 is 9.64 Å². The first-order valence-corrected chi connectivity index (χ1v) is 9.22. The van der Waals surface area contributed by atoms with Crippen LogP contribution in [0.4, 0.5) is 0 Å². The van der Waals surface area contributed by atoms with E-state index in [1.54, 1.807) is 29.7 Å². The van der Waals surface area contributed by atoms with Gasteiger partial charge in [0.2, 0.25) is 5.91 Å². The quantitative estimate of drug-likeness (QED) is 0.752. The molecule has 0 bridgehead atoms. The number of esters is 1. The molecule has 0 radical (unpaired) electrons. The molecule has 2 rings (SSSR count). The summed E-state index contributed by atoms with van der Waals surface area (Å²) in [5.41, 5.74) is 0.861. The van der Waals surface area contributed by atoms with E-state index in [0.717, 1.165) is 5.56 Å². The summed E-state index contributed by atoms with van der Waals surface area (Å²) in [7, 11) is 0. The minimum absolute atomic E-state index is 0.0635. The minimum atomic E-state index is -0.549. The number of carbonyl (C=O) groups excluding carboxylic acids is 2. The Morgan fingerprint density at radius 2 is 2.09 bits per heavy atom. The summed E-state index contributed by atoms with van der Waals surface area (Å²) in [6, 6.07) is 6.90. The Bertz CT molecular complexity index is 579. The first-order valence-electron chi connectivity index (χ1n) is 7.79. The topological polar surface area (TPSA) is 46.6 Å². The number of hydrogen-bond acceptors (Lipinski definition) is 4. The smallest absolute Gasteiger partial charge is 0.329 e. The first kappa shape index (κ1) is 18.1. The molecule has 23 heavy (non-hydrogen) atoms. The predicted molar refractivity (Wildman–Crippen MR) is 93.4 cm³/mol. The van der Waals surface area contributed by atoms with Gasteiger partial charge in [-0.15, -0.1) is 11.8 Å². The van der Waals surface area contributed by atoms with E-state index in [0.29, 0.717) is 23.8 Å². The van der Waals surface area contributed by atoms with Crippen molar-refractivity contribution < 1.29 is 14.3 Å². The second-order valence-corrected chi connectivity index (χ2v) is 7.42. The molecule has 1 saturated heterocycles. The van der Waals surface area contributed by atoms with Crippen molar-refractivity contribution in [1.29, 1.82) is 0 Å². The highest BCUT2D eigenvalue weighted by Gasteiger charge is 2.43. The van der Waals surface area contributed by atoms with Crippen LogP contribution in [-0.2, 0) is 14.3 Å². The van der Waals surface area contributed by atoms with Crippen LogP contribution >= 0.6 is 23.4 Å². The van der Waals surface area contributed by atoms with Crippen LogP contribution < -0.4 is 0 Å². The van der Waals surface area contributed by atoms with Crippen LogP contribution in [0.5, 0.6) is 0 Å². The molecular weight excluding hydrogens is 334 g/mol. The van der Waals surface area contributed by atoms with Crippen LogP contribution in [0.15, 0.2) is 24.3 Å². The molecule has 0 aromatic heterocycles. The second-order valence-electron chi connectivity index (χ2n) is 5.90. The van der Waals surface area contributed by atoms with Gasteiger partial charge in [0.05, 0.1) is 6.61 Å². The maximum atomic E-state index is 12.4. The van der Waals surface area contributed by atoms with Gasteiger partial charge in [0, 0.05) is 22.8 Å². The molecule has 1 amide bonds. The van der Waals surface area contributed by atoms with Crippen molar-refractivity contribution in [2.45, 2.75) is 38.6 Å². The molecule has 0 saturated carbocycles. The summed E-state index contributed by atoms with van der Waals surface area (Å²) < 4.78 is 5.35. The third-order valence-corrected chi connectivity index (χ3v) is 5.24. The molecule has 1 aromatic rings. The van der Waals surface area contributed by atoms with E-state index in [-0.39, 0.29) is 23.2 Å². The highest BCUT2D eigenvalue weighted by Crippen LogP contribution is 2.44. The summed E-state index contributed by atoms with van der Waals surface area (Å²) in [5.74, 6) is 0.398. The molecule has 2 atom stereocenters. The lowest BCUT2D eigenvalue weighted by atomic mass is 10.1. The molecule has 0 aliphatic carbocycles. The van der Waals surface area contributed by atoms with Crippen molar-refractivity contribution in [2.24, 2.45) is 5.92 Å². The van der Waals surface area contributed by atoms with Crippen LogP contribution in [0.25, 0.3) is 0 Å². The summed E-state index contributed by atoms with van der Waals surface area (Å²) in [4.78, 5) is 26.4. The lowest BCUT2D eigenvalue weighted by Gasteiger charge is -2.29. The van der Waals surface area contributed by atoms with Crippen LogP contribution in [0.2, 0.25) is 5.02 Å². The number of nitrogens with zero attached hydrogens (tertiary/aromatic N) is 1. The highest BCUT2D eigenvalue weighted by atomic mass is 35.5. The molecule has 1 heterocycles. The normalized spacial score (nSPS) is 20.8.